The van der Waals surface area contributed by atoms with Crippen molar-refractivity contribution in [3.05, 3.63) is 23.5 Å². The zero-order valence-corrected chi connectivity index (χ0v) is 20.2. The topological polar surface area (TPSA) is 98.7 Å². The lowest BCUT2D eigenvalue weighted by Crippen LogP contribution is -2.47. The molecule has 3 unspecified atom stereocenters. The van der Waals surface area contributed by atoms with Crippen LogP contribution in [0.4, 0.5) is 9.18 Å². The molecule has 1 amide bonds. The molecule has 6 atom stereocenters. The molecule has 1 aromatic heterocycles. The summed E-state index contributed by atoms with van der Waals surface area (Å²) >= 11 is 0. The molecular weight excluding hydrogens is 449 g/mol. The molecule has 8 nitrogen and oxygen atoms in total. The Hall–Kier alpha value is -1.81. The van der Waals surface area contributed by atoms with Crippen molar-refractivity contribution >= 4 is 15.9 Å². The number of aromatic nitrogens is 2. The van der Waals surface area contributed by atoms with Crippen molar-refractivity contribution in [2.75, 3.05) is 20.0 Å². The van der Waals surface area contributed by atoms with Gasteiger partial charge in [-0.15, -0.1) is 0 Å². The fourth-order valence-corrected chi connectivity index (χ4v) is 7.47. The van der Waals surface area contributed by atoms with Gasteiger partial charge in [0.15, 0.2) is 15.7 Å². The van der Waals surface area contributed by atoms with Gasteiger partial charge in [0.1, 0.15) is 5.82 Å². The maximum atomic E-state index is 14.1. The van der Waals surface area contributed by atoms with Crippen LogP contribution in [0, 0.1) is 11.7 Å². The van der Waals surface area contributed by atoms with Crippen molar-refractivity contribution in [2.24, 2.45) is 5.92 Å². The molecule has 33 heavy (non-hydrogen) atoms. The number of methoxy groups -OCH3 is 1. The summed E-state index contributed by atoms with van der Waals surface area (Å²) in [7, 11) is -2.04. The maximum absolute atomic E-state index is 14.1. The number of hydrogen-bond donors (Lipinski definition) is 0. The van der Waals surface area contributed by atoms with E-state index in [9.17, 15) is 17.6 Å². The Kier molecular flexibility index (Phi) is 5.67. The van der Waals surface area contributed by atoms with Gasteiger partial charge in [0.25, 0.3) is 0 Å². The highest BCUT2D eigenvalue weighted by Gasteiger charge is 2.60. The average Bonchev–Trinajstić information content (AvgIpc) is 3.68. The number of carbonyl (C=O) groups excluding carboxylic acids is 1. The fourth-order valence-electron chi connectivity index (χ4n) is 6.07. The number of hydrogen-bond acceptors (Lipinski definition) is 7. The van der Waals surface area contributed by atoms with Crippen LogP contribution in [-0.2, 0) is 24.7 Å². The number of nitrogens with zero attached hydrogens (tertiary/aromatic N) is 3. The number of sulfone groups is 1. The summed E-state index contributed by atoms with van der Waals surface area (Å²) in [5.74, 6) is 1.11. The first-order valence-corrected chi connectivity index (χ1v) is 13.8. The summed E-state index contributed by atoms with van der Waals surface area (Å²) < 4.78 is 50.0. The minimum Gasteiger partial charge on any atom is -0.453 e. The Bertz CT molecular complexity index is 1050. The van der Waals surface area contributed by atoms with Gasteiger partial charge in [-0.2, -0.15) is 0 Å². The number of carbonyl (C=O) groups is 1. The second kappa shape index (κ2) is 8.15. The standard InChI is InChI=1S/C23H32FN3O5S/c1-13-8-19(33(3,29)30)18(27(13)22(28)31-2)12-32-16-6-7-23(10-15(23)9-16)21-25-11-17(24)20(26-21)14-4-5-14/h11,13-16,18-19H,4-10,12H2,1-3H3/t13-,15?,16?,18-,19+,23?/m1/s1. The van der Waals surface area contributed by atoms with Crippen molar-refractivity contribution in [3.8, 4) is 0 Å². The molecule has 10 heteroatoms. The van der Waals surface area contributed by atoms with Crippen LogP contribution in [0.5, 0.6) is 0 Å². The molecule has 0 N–H and O–H groups in total. The smallest absolute Gasteiger partial charge is 0.410 e. The molecule has 2 heterocycles. The van der Waals surface area contributed by atoms with E-state index in [-0.39, 0.29) is 35.9 Å². The number of likely N-dealkylation sites (tertiary alicyclic amines) is 1. The average molecular weight is 482 g/mol. The molecule has 182 valence electrons. The van der Waals surface area contributed by atoms with Crippen LogP contribution in [0.3, 0.4) is 0 Å². The van der Waals surface area contributed by atoms with E-state index in [1.165, 1.54) is 24.5 Å². The highest BCUT2D eigenvalue weighted by Crippen LogP contribution is 2.62. The normalized spacial score (nSPS) is 35.9. The Morgan fingerprint density at radius 2 is 2.06 bits per heavy atom. The molecule has 0 spiro atoms. The molecule has 0 radical (unpaired) electrons. The number of fused-ring (bicyclic) bond motifs is 1. The first-order valence-electron chi connectivity index (χ1n) is 11.8. The van der Waals surface area contributed by atoms with Crippen molar-refractivity contribution in [1.29, 1.82) is 0 Å². The van der Waals surface area contributed by atoms with E-state index in [1.807, 2.05) is 6.92 Å². The van der Waals surface area contributed by atoms with E-state index in [4.69, 9.17) is 9.47 Å². The summed E-state index contributed by atoms with van der Waals surface area (Å²) in [5, 5.41) is -0.663. The molecule has 0 bridgehead atoms. The third-order valence-corrected chi connectivity index (χ3v) is 9.75. The number of ether oxygens (including phenoxy) is 2. The van der Waals surface area contributed by atoms with Gasteiger partial charge in [-0.05, 0) is 57.8 Å². The molecule has 1 aliphatic heterocycles. The summed E-state index contributed by atoms with van der Waals surface area (Å²) in [6.45, 7) is 2.01. The molecule has 1 aromatic rings. The first kappa shape index (κ1) is 23.0. The largest absolute Gasteiger partial charge is 0.453 e. The summed E-state index contributed by atoms with van der Waals surface area (Å²) in [5.41, 5.74) is 0.496. The summed E-state index contributed by atoms with van der Waals surface area (Å²) in [6.07, 6.45) is 7.88. The van der Waals surface area contributed by atoms with Crippen molar-refractivity contribution in [1.82, 2.24) is 14.9 Å². The van der Waals surface area contributed by atoms with Gasteiger partial charge >= 0.3 is 6.09 Å². The second-order valence-electron chi connectivity index (χ2n) is 10.4. The third-order valence-electron chi connectivity index (χ3n) is 8.15. The van der Waals surface area contributed by atoms with E-state index in [0.717, 1.165) is 44.3 Å². The van der Waals surface area contributed by atoms with Gasteiger partial charge in [0.05, 0.1) is 43.0 Å². The molecule has 4 aliphatic rings. The van der Waals surface area contributed by atoms with E-state index in [1.54, 1.807) is 0 Å². The number of halogens is 1. The predicted octanol–water partition coefficient (Wildman–Crippen LogP) is 2.96. The lowest BCUT2D eigenvalue weighted by atomic mass is 9.86. The number of amides is 1. The molecule has 3 saturated carbocycles. The first-order chi connectivity index (χ1) is 15.6. The predicted molar refractivity (Wildman–Crippen MR) is 118 cm³/mol. The third kappa shape index (κ3) is 4.13. The fraction of sp³-hybridized carbons (Fsp3) is 0.783. The second-order valence-corrected chi connectivity index (χ2v) is 12.6. The zero-order valence-electron chi connectivity index (χ0n) is 19.4. The lowest BCUT2D eigenvalue weighted by molar-refractivity contribution is -0.00703. The molecular formula is C23H32FN3O5S. The molecule has 4 fully saturated rings. The summed E-state index contributed by atoms with van der Waals surface area (Å²) in [6, 6.07) is -0.792. The van der Waals surface area contributed by atoms with Gasteiger partial charge < -0.3 is 9.47 Å². The van der Waals surface area contributed by atoms with E-state index in [2.05, 4.69) is 9.97 Å². The summed E-state index contributed by atoms with van der Waals surface area (Å²) in [4.78, 5) is 22.8. The molecule has 1 saturated heterocycles. The Labute approximate surface area is 194 Å². The van der Waals surface area contributed by atoms with Crippen LogP contribution in [0.1, 0.15) is 69.3 Å². The Morgan fingerprint density at radius 1 is 1.30 bits per heavy atom. The molecule has 5 rings (SSSR count). The van der Waals surface area contributed by atoms with Gasteiger partial charge in [0, 0.05) is 23.6 Å². The monoisotopic (exact) mass is 481 g/mol. The van der Waals surface area contributed by atoms with Gasteiger partial charge in [-0.25, -0.2) is 27.6 Å². The number of rotatable bonds is 6. The van der Waals surface area contributed by atoms with Gasteiger partial charge in [0.2, 0.25) is 0 Å². The van der Waals surface area contributed by atoms with Crippen molar-refractivity contribution in [2.45, 2.75) is 86.6 Å². The van der Waals surface area contributed by atoms with E-state index >= 15 is 0 Å². The maximum Gasteiger partial charge on any atom is 0.410 e. The van der Waals surface area contributed by atoms with Gasteiger partial charge in [-0.3, -0.25) is 4.90 Å². The van der Waals surface area contributed by atoms with Crippen LogP contribution in [-0.4, -0.2) is 72.8 Å². The van der Waals surface area contributed by atoms with Crippen molar-refractivity contribution < 1.29 is 27.1 Å². The Morgan fingerprint density at radius 3 is 2.70 bits per heavy atom. The Balaban J connectivity index is 1.24. The SMILES string of the molecule is COC(=O)N1[C@H](C)C[C@H](S(C)(=O)=O)[C@H]1COC1CCC2(c3ncc(F)c(C4CC4)n3)CC2C1. The van der Waals surface area contributed by atoms with Crippen LogP contribution in [0.2, 0.25) is 0 Å². The highest BCUT2D eigenvalue weighted by atomic mass is 32.2. The minimum absolute atomic E-state index is 0.00964. The van der Waals surface area contributed by atoms with Crippen LogP contribution in [0.25, 0.3) is 0 Å². The minimum atomic E-state index is -3.35. The lowest BCUT2D eigenvalue weighted by Gasteiger charge is -2.32. The van der Waals surface area contributed by atoms with Crippen LogP contribution in [0.15, 0.2) is 6.20 Å². The van der Waals surface area contributed by atoms with Crippen LogP contribution >= 0.6 is 0 Å². The molecule has 3 aliphatic carbocycles. The van der Waals surface area contributed by atoms with E-state index in [0.29, 0.717) is 18.0 Å². The quantitative estimate of drug-likeness (QED) is 0.616. The van der Waals surface area contributed by atoms with Crippen molar-refractivity contribution in [3.63, 3.8) is 0 Å². The highest BCUT2D eigenvalue weighted by molar-refractivity contribution is 7.91. The van der Waals surface area contributed by atoms with Crippen LogP contribution < -0.4 is 0 Å². The zero-order chi connectivity index (χ0) is 23.5. The van der Waals surface area contributed by atoms with E-state index < -0.39 is 27.2 Å². The molecule has 0 aromatic carbocycles. The van der Waals surface area contributed by atoms with Gasteiger partial charge in [-0.1, -0.05) is 0 Å².